The number of hydrogen-bond donors (Lipinski definition) is 1. The van der Waals surface area contributed by atoms with Crippen molar-refractivity contribution in [2.24, 2.45) is 0 Å². The molecule has 2 heterocycles. The SMILES string of the molecule is Fc1cc([C@H](c2ccco2)N2CCNCC2)ccc1C(F)(F)F. The Morgan fingerprint density at radius 3 is 2.43 bits per heavy atom. The van der Waals surface area contributed by atoms with Crippen molar-refractivity contribution in [3.05, 3.63) is 59.3 Å². The molecule has 124 valence electrons. The van der Waals surface area contributed by atoms with Crippen LogP contribution in [0.5, 0.6) is 0 Å². The Bertz CT molecular complexity index is 649. The minimum Gasteiger partial charge on any atom is -0.467 e. The second-order valence-corrected chi connectivity index (χ2v) is 5.44. The molecule has 7 heteroatoms. The first-order valence-corrected chi connectivity index (χ1v) is 7.31. The van der Waals surface area contributed by atoms with Crippen LogP contribution in [-0.4, -0.2) is 31.1 Å². The van der Waals surface area contributed by atoms with Crippen LogP contribution in [0.3, 0.4) is 0 Å². The third-order valence-electron chi connectivity index (χ3n) is 3.94. The third-order valence-corrected chi connectivity index (χ3v) is 3.94. The summed E-state index contributed by atoms with van der Waals surface area (Å²) in [5, 5.41) is 3.21. The lowest BCUT2D eigenvalue weighted by atomic mass is 10.00. The highest BCUT2D eigenvalue weighted by Gasteiger charge is 2.35. The van der Waals surface area contributed by atoms with Gasteiger partial charge in [0.15, 0.2) is 0 Å². The van der Waals surface area contributed by atoms with E-state index in [4.69, 9.17) is 4.42 Å². The maximum atomic E-state index is 13.9. The fourth-order valence-corrected chi connectivity index (χ4v) is 2.87. The molecule has 1 N–H and O–H groups in total. The van der Waals surface area contributed by atoms with E-state index in [0.717, 1.165) is 25.2 Å². The molecule has 3 nitrogen and oxygen atoms in total. The van der Waals surface area contributed by atoms with Gasteiger partial charge >= 0.3 is 6.18 Å². The van der Waals surface area contributed by atoms with E-state index in [0.29, 0.717) is 24.4 Å². The molecule has 3 rings (SSSR count). The molecule has 0 radical (unpaired) electrons. The average molecular weight is 328 g/mol. The summed E-state index contributed by atoms with van der Waals surface area (Å²) in [6.45, 7) is 2.93. The number of furan rings is 1. The predicted molar refractivity (Wildman–Crippen MR) is 76.4 cm³/mol. The van der Waals surface area contributed by atoms with E-state index in [1.165, 1.54) is 12.3 Å². The van der Waals surface area contributed by atoms with Gasteiger partial charge in [-0.3, -0.25) is 4.90 Å². The lowest BCUT2D eigenvalue weighted by molar-refractivity contribution is -0.140. The van der Waals surface area contributed by atoms with Gasteiger partial charge in [-0.1, -0.05) is 6.07 Å². The van der Waals surface area contributed by atoms with Gasteiger partial charge in [0.25, 0.3) is 0 Å². The van der Waals surface area contributed by atoms with Crippen LogP contribution < -0.4 is 5.32 Å². The lowest BCUT2D eigenvalue weighted by Crippen LogP contribution is -2.45. The largest absolute Gasteiger partial charge is 0.467 e. The minimum absolute atomic E-state index is 0.399. The first-order chi connectivity index (χ1) is 11.0. The second-order valence-electron chi connectivity index (χ2n) is 5.44. The molecular weight excluding hydrogens is 312 g/mol. The van der Waals surface area contributed by atoms with Crippen molar-refractivity contribution in [3.63, 3.8) is 0 Å². The van der Waals surface area contributed by atoms with Gasteiger partial charge in [-0.2, -0.15) is 13.2 Å². The van der Waals surface area contributed by atoms with Gasteiger partial charge in [0.1, 0.15) is 11.6 Å². The molecule has 1 fully saturated rings. The number of rotatable bonds is 3. The molecule has 2 aromatic rings. The number of alkyl halides is 3. The van der Waals surface area contributed by atoms with Crippen LogP contribution in [0.2, 0.25) is 0 Å². The van der Waals surface area contributed by atoms with Gasteiger partial charge in [-0.15, -0.1) is 0 Å². The summed E-state index contributed by atoms with van der Waals surface area (Å²) in [6, 6.07) is 6.14. The van der Waals surface area contributed by atoms with Crippen molar-refractivity contribution in [1.82, 2.24) is 10.2 Å². The first kappa shape index (κ1) is 16.0. The molecule has 0 bridgehead atoms. The summed E-state index contributed by atoms with van der Waals surface area (Å²) in [5.74, 6) is -0.673. The van der Waals surface area contributed by atoms with E-state index in [-0.39, 0.29) is 0 Å². The van der Waals surface area contributed by atoms with Crippen molar-refractivity contribution >= 4 is 0 Å². The molecule has 1 aliphatic heterocycles. The molecule has 1 aromatic heterocycles. The number of halogens is 4. The van der Waals surface area contributed by atoms with Crippen molar-refractivity contribution in [1.29, 1.82) is 0 Å². The van der Waals surface area contributed by atoms with Gasteiger partial charge in [0.05, 0.1) is 17.9 Å². The highest BCUT2D eigenvalue weighted by molar-refractivity contribution is 5.32. The quantitative estimate of drug-likeness (QED) is 0.875. The number of piperazine rings is 1. The Morgan fingerprint density at radius 2 is 1.87 bits per heavy atom. The Hall–Kier alpha value is -1.86. The topological polar surface area (TPSA) is 28.4 Å². The molecular formula is C16H16F4N2O. The predicted octanol–water partition coefficient (Wildman–Crippen LogP) is 3.43. The van der Waals surface area contributed by atoms with Crippen LogP contribution in [0.4, 0.5) is 17.6 Å². The van der Waals surface area contributed by atoms with Crippen LogP contribution in [0.1, 0.15) is 22.9 Å². The van der Waals surface area contributed by atoms with Crippen LogP contribution in [-0.2, 0) is 6.18 Å². The number of nitrogens with one attached hydrogen (secondary N) is 1. The maximum Gasteiger partial charge on any atom is 0.419 e. The van der Waals surface area contributed by atoms with Crippen molar-refractivity contribution < 1.29 is 22.0 Å². The lowest BCUT2D eigenvalue weighted by Gasteiger charge is -2.34. The number of benzene rings is 1. The number of hydrogen-bond acceptors (Lipinski definition) is 3. The third kappa shape index (κ3) is 3.40. The smallest absolute Gasteiger partial charge is 0.419 e. The van der Waals surface area contributed by atoms with Crippen LogP contribution in [0.15, 0.2) is 41.0 Å². The summed E-state index contributed by atoms with van der Waals surface area (Å²) in [5.41, 5.74) is -0.799. The molecule has 1 aliphatic rings. The Morgan fingerprint density at radius 1 is 1.13 bits per heavy atom. The Labute approximate surface area is 130 Å². The molecule has 0 aliphatic carbocycles. The zero-order valence-corrected chi connectivity index (χ0v) is 12.2. The second kappa shape index (κ2) is 6.33. The molecule has 1 saturated heterocycles. The van der Waals surface area contributed by atoms with Crippen molar-refractivity contribution in [2.75, 3.05) is 26.2 Å². The molecule has 0 amide bonds. The standard InChI is InChI=1S/C16H16F4N2O/c17-13-10-11(3-4-12(13)16(18,19)20)15(14-2-1-9-23-14)22-7-5-21-6-8-22/h1-4,9-10,15,21H,5-8H2/t15-/m1/s1. The zero-order chi connectivity index (χ0) is 16.4. The maximum absolute atomic E-state index is 13.9. The van der Waals surface area contributed by atoms with Gasteiger partial charge in [0, 0.05) is 26.2 Å². The minimum atomic E-state index is -4.70. The highest BCUT2D eigenvalue weighted by atomic mass is 19.4. The zero-order valence-electron chi connectivity index (χ0n) is 12.2. The molecule has 1 atom stereocenters. The van der Waals surface area contributed by atoms with Gasteiger partial charge in [-0.05, 0) is 29.8 Å². The van der Waals surface area contributed by atoms with Crippen LogP contribution >= 0.6 is 0 Å². The highest BCUT2D eigenvalue weighted by Crippen LogP contribution is 2.35. The van der Waals surface area contributed by atoms with Gasteiger partial charge in [0.2, 0.25) is 0 Å². The molecule has 0 unspecified atom stereocenters. The Balaban J connectivity index is 1.98. The van der Waals surface area contributed by atoms with E-state index in [1.54, 1.807) is 12.1 Å². The normalized spacial score (nSPS) is 18.1. The van der Waals surface area contributed by atoms with E-state index in [9.17, 15) is 17.6 Å². The van der Waals surface area contributed by atoms with Crippen molar-refractivity contribution in [3.8, 4) is 0 Å². The van der Waals surface area contributed by atoms with E-state index < -0.39 is 23.6 Å². The summed E-state index contributed by atoms with van der Waals surface area (Å²) in [4.78, 5) is 2.07. The first-order valence-electron chi connectivity index (χ1n) is 7.31. The molecule has 0 saturated carbocycles. The van der Waals surface area contributed by atoms with Crippen molar-refractivity contribution in [2.45, 2.75) is 12.2 Å². The Kier molecular flexibility index (Phi) is 4.41. The van der Waals surface area contributed by atoms with Gasteiger partial charge < -0.3 is 9.73 Å². The summed E-state index contributed by atoms with van der Waals surface area (Å²) < 4.78 is 57.6. The van der Waals surface area contributed by atoms with Crippen LogP contribution in [0, 0.1) is 5.82 Å². The van der Waals surface area contributed by atoms with Crippen LogP contribution in [0.25, 0.3) is 0 Å². The van der Waals surface area contributed by atoms with E-state index in [2.05, 4.69) is 10.2 Å². The molecule has 0 spiro atoms. The fourth-order valence-electron chi connectivity index (χ4n) is 2.87. The molecule has 23 heavy (non-hydrogen) atoms. The van der Waals surface area contributed by atoms with Gasteiger partial charge in [-0.25, -0.2) is 4.39 Å². The molecule has 1 aromatic carbocycles. The van der Waals surface area contributed by atoms with E-state index >= 15 is 0 Å². The van der Waals surface area contributed by atoms with E-state index in [1.807, 2.05) is 0 Å². The monoisotopic (exact) mass is 328 g/mol. The summed E-state index contributed by atoms with van der Waals surface area (Å²) >= 11 is 0. The average Bonchev–Trinajstić information content (AvgIpc) is 3.01. The summed E-state index contributed by atoms with van der Waals surface area (Å²) in [7, 11) is 0. The summed E-state index contributed by atoms with van der Waals surface area (Å²) in [6.07, 6.45) is -3.19. The fraction of sp³-hybridized carbons (Fsp3) is 0.375. The number of nitrogens with zero attached hydrogens (tertiary/aromatic N) is 1.